The van der Waals surface area contributed by atoms with Gasteiger partial charge in [-0.1, -0.05) is 23.8 Å². The van der Waals surface area contributed by atoms with E-state index in [9.17, 15) is 0 Å². The van der Waals surface area contributed by atoms with Crippen LogP contribution in [0.2, 0.25) is 0 Å². The molecule has 0 spiro atoms. The predicted molar refractivity (Wildman–Crippen MR) is 55.2 cm³/mol. The summed E-state index contributed by atoms with van der Waals surface area (Å²) in [6.07, 6.45) is 8.62. The fourth-order valence-corrected chi connectivity index (χ4v) is 1.62. The highest BCUT2D eigenvalue weighted by molar-refractivity contribution is 5.66. The third-order valence-corrected chi connectivity index (χ3v) is 2.28. The molecule has 66 valence electrons. The minimum absolute atomic E-state index is 1.12. The maximum atomic E-state index is 4.34. The van der Waals surface area contributed by atoms with Gasteiger partial charge in [-0.2, -0.15) is 0 Å². The van der Waals surface area contributed by atoms with E-state index in [1.165, 1.54) is 11.1 Å². The minimum Gasteiger partial charge on any atom is -0.257 e. The van der Waals surface area contributed by atoms with Crippen LogP contribution >= 0.6 is 0 Å². The molecule has 0 atom stereocenters. The van der Waals surface area contributed by atoms with E-state index in [0.29, 0.717) is 0 Å². The van der Waals surface area contributed by atoms with E-state index < -0.39 is 0 Å². The van der Waals surface area contributed by atoms with Crippen LogP contribution in [0.25, 0.3) is 5.57 Å². The Kier molecular flexibility index (Phi) is 2.26. The van der Waals surface area contributed by atoms with Gasteiger partial charge in [0.25, 0.3) is 0 Å². The Morgan fingerprint density at radius 3 is 2.92 bits per heavy atom. The number of pyridine rings is 1. The van der Waals surface area contributed by atoms with Crippen molar-refractivity contribution in [3.8, 4) is 0 Å². The monoisotopic (exact) mass is 171 g/mol. The highest BCUT2D eigenvalue weighted by atomic mass is 14.7. The molecule has 0 aromatic carbocycles. The van der Waals surface area contributed by atoms with Crippen LogP contribution in [-0.4, -0.2) is 4.98 Å². The van der Waals surface area contributed by atoms with Crippen molar-refractivity contribution in [2.24, 2.45) is 0 Å². The Morgan fingerprint density at radius 2 is 2.23 bits per heavy atom. The van der Waals surface area contributed by atoms with Crippen LogP contribution < -0.4 is 0 Å². The molecule has 13 heavy (non-hydrogen) atoms. The van der Waals surface area contributed by atoms with Crippen molar-refractivity contribution in [1.29, 1.82) is 0 Å². The van der Waals surface area contributed by atoms with Crippen LogP contribution in [0.3, 0.4) is 0 Å². The van der Waals surface area contributed by atoms with Crippen molar-refractivity contribution in [2.75, 3.05) is 0 Å². The van der Waals surface area contributed by atoms with E-state index in [2.05, 4.69) is 30.1 Å². The molecule has 0 N–H and O–H groups in total. The first-order valence-electron chi connectivity index (χ1n) is 4.65. The summed E-state index contributed by atoms with van der Waals surface area (Å²) in [5.41, 5.74) is 3.84. The number of allylic oxidation sites excluding steroid dienone is 4. The molecule has 0 fully saturated rings. The SMILES string of the molecule is CC1=CCCC(c2ccccn2)=C1. The molecule has 1 nitrogen and oxygen atoms in total. The van der Waals surface area contributed by atoms with Crippen LogP contribution in [0, 0.1) is 0 Å². The third kappa shape index (κ3) is 1.86. The molecule has 0 unspecified atom stereocenters. The average molecular weight is 171 g/mol. The molecule has 1 heteroatoms. The molecular weight excluding hydrogens is 158 g/mol. The van der Waals surface area contributed by atoms with E-state index in [1.54, 1.807) is 0 Å². The normalized spacial score (nSPS) is 16.4. The first-order chi connectivity index (χ1) is 6.36. The van der Waals surface area contributed by atoms with Gasteiger partial charge in [0.1, 0.15) is 0 Å². The van der Waals surface area contributed by atoms with Gasteiger partial charge in [-0.05, 0) is 37.5 Å². The zero-order chi connectivity index (χ0) is 9.10. The molecule has 1 aromatic rings. The maximum absolute atomic E-state index is 4.34. The lowest BCUT2D eigenvalue weighted by Crippen LogP contribution is -1.92. The number of nitrogens with zero attached hydrogens (tertiary/aromatic N) is 1. The molecule has 0 aliphatic heterocycles. The van der Waals surface area contributed by atoms with Crippen molar-refractivity contribution in [2.45, 2.75) is 19.8 Å². The van der Waals surface area contributed by atoms with Crippen molar-refractivity contribution in [3.63, 3.8) is 0 Å². The standard InChI is InChI=1S/C12H13N/c1-10-5-4-6-11(9-10)12-7-2-3-8-13-12/h2-3,5,7-9H,4,6H2,1H3. The predicted octanol–water partition coefficient (Wildman–Crippen LogP) is 3.21. The summed E-state index contributed by atoms with van der Waals surface area (Å²) in [5, 5.41) is 0. The first kappa shape index (κ1) is 8.24. The summed E-state index contributed by atoms with van der Waals surface area (Å²) in [6.45, 7) is 2.14. The van der Waals surface area contributed by atoms with Crippen LogP contribution in [-0.2, 0) is 0 Å². The van der Waals surface area contributed by atoms with Gasteiger partial charge >= 0.3 is 0 Å². The van der Waals surface area contributed by atoms with Gasteiger partial charge in [0.05, 0.1) is 5.69 Å². The Hall–Kier alpha value is -1.37. The average Bonchev–Trinajstić information content (AvgIpc) is 2.19. The zero-order valence-corrected chi connectivity index (χ0v) is 7.83. The van der Waals surface area contributed by atoms with E-state index >= 15 is 0 Å². The lowest BCUT2D eigenvalue weighted by molar-refractivity contribution is 1.02. The van der Waals surface area contributed by atoms with Crippen molar-refractivity contribution >= 4 is 5.57 Å². The molecule has 0 saturated carbocycles. The summed E-state index contributed by atoms with van der Waals surface area (Å²) < 4.78 is 0. The van der Waals surface area contributed by atoms with E-state index in [1.807, 2.05) is 18.3 Å². The zero-order valence-electron chi connectivity index (χ0n) is 7.83. The lowest BCUT2D eigenvalue weighted by Gasteiger charge is -2.10. The first-order valence-corrected chi connectivity index (χ1v) is 4.65. The van der Waals surface area contributed by atoms with Crippen LogP contribution in [0.15, 0.2) is 42.1 Å². The molecule has 0 bridgehead atoms. The fraction of sp³-hybridized carbons (Fsp3) is 0.250. The summed E-state index contributed by atoms with van der Waals surface area (Å²) >= 11 is 0. The van der Waals surface area contributed by atoms with Gasteiger partial charge in [0.2, 0.25) is 0 Å². The number of rotatable bonds is 1. The van der Waals surface area contributed by atoms with Gasteiger partial charge in [0.15, 0.2) is 0 Å². The van der Waals surface area contributed by atoms with Crippen LogP contribution in [0.4, 0.5) is 0 Å². The van der Waals surface area contributed by atoms with E-state index in [4.69, 9.17) is 0 Å². The molecule has 1 aliphatic carbocycles. The summed E-state index contributed by atoms with van der Waals surface area (Å²) in [4.78, 5) is 4.34. The largest absolute Gasteiger partial charge is 0.257 e. The second-order valence-corrected chi connectivity index (χ2v) is 3.37. The maximum Gasteiger partial charge on any atom is 0.0661 e. The molecular formula is C12H13N. The van der Waals surface area contributed by atoms with E-state index in [0.717, 1.165) is 18.5 Å². The van der Waals surface area contributed by atoms with Gasteiger partial charge in [-0.15, -0.1) is 0 Å². The highest BCUT2D eigenvalue weighted by Gasteiger charge is 2.05. The van der Waals surface area contributed by atoms with Gasteiger partial charge in [-0.3, -0.25) is 4.98 Å². The molecule has 1 aliphatic rings. The lowest BCUT2D eigenvalue weighted by atomic mass is 9.98. The Labute approximate surface area is 78.8 Å². The minimum atomic E-state index is 1.12. The molecule has 1 aromatic heterocycles. The highest BCUT2D eigenvalue weighted by Crippen LogP contribution is 2.24. The molecule has 2 rings (SSSR count). The summed E-state index contributed by atoms with van der Waals surface area (Å²) in [5.74, 6) is 0. The smallest absolute Gasteiger partial charge is 0.0661 e. The molecule has 0 saturated heterocycles. The fourth-order valence-electron chi connectivity index (χ4n) is 1.62. The third-order valence-electron chi connectivity index (χ3n) is 2.28. The van der Waals surface area contributed by atoms with Crippen LogP contribution in [0.1, 0.15) is 25.5 Å². The summed E-state index contributed by atoms with van der Waals surface area (Å²) in [7, 11) is 0. The van der Waals surface area contributed by atoms with E-state index in [-0.39, 0.29) is 0 Å². The van der Waals surface area contributed by atoms with Gasteiger partial charge in [0, 0.05) is 6.20 Å². The van der Waals surface area contributed by atoms with Crippen molar-refractivity contribution < 1.29 is 0 Å². The molecule has 0 radical (unpaired) electrons. The quantitative estimate of drug-likeness (QED) is 0.632. The van der Waals surface area contributed by atoms with Gasteiger partial charge in [-0.25, -0.2) is 0 Å². The molecule has 0 amide bonds. The second kappa shape index (κ2) is 3.56. The second-order valence-electron chi connectivity index (χ2n) is 3.37. The summed E-state index contributed by atoms with van der Waals surface area (Å²) in [6, 6.07) is 6.07. The van der Waals surface area contributed by atoms with Crippen molar-refractivity contribution in [1.82, 2.24) is 4.98 Å². The Bertz CT molecular complexity index is 347. The van der Waals surface area contributed by atoms with Gasteiger partial charge < -0.3 is 0 Å². The number of aromatic nitrogens is 1. The number of hydrogen-bond acceptors (Lipinski definition) is 1. The Balaban J connectivity index is 2.32. The van der Waals surface area contributed by atoms with Crippen LogP contribution in [0.5, 0.6) is 0 Å². The molecule has 1 heterocycles. The number of hydrogen-bond donors (Lipinski definition) is 0. The Morgan fingerprint density at radius 1 is 1.31 bits per heavy atom. The van der Waals surface area contributed by atoms with Crippen molar-refractivity contribution in [3.05, 3.63) is 47.8 Å². The topological polar surface area (TPSA) is 12.9 Å².